The van der Waals surface area contributed by atoms with Crippen LogP contribution in [0.3, 0.4) is 0 Å². The minimum absolute atomic E-state index is 0.300. The number of hydrogen-bond acceptors (Lipinski definition) is 6. The zero-order chi connectivity index (χ0) is 12.8. The Labute approximate surface area is 117 Å². The zero-order valence-electron chi connectivity index (χ0n) is 10.1. The van der Waals surface area contributed by atoms with E-state index in [2.05, 4.69) is 20.2 Å². The number of aromatic nitrogens is 2. The van der Waals surface area contributed by atoms with Gasteiger partial charge in [-0.25, -0.2) is 9.97 Å². The smallest absolute Gasteiger partial charge is 0.223 e. The molecule has 2 rings (SSSR count). The number of anilines is 1. The monoisotopic (exact) mass is 283 g/mol. The Morgan fingerprint density at radius 1 is 1.50 bits per heavy atom. The Kier molecular flexibility index (Phi) is 5.15. The minimum atomic E-state index is 0.300. The number of thioether (sulfide) groups is 1. The maximum absolute atomic E-state index is 5.53. The predicted octanol–water partition coefficient (Wildman–Crippen LogP) is 0.571. The maximum atomic E-state index is 5.53. The first kappa shape index (κ1) is 13.5. The van der Waals surface area contributed by atoms with Gasteiger partial charge in [0.1, 0.15) is 10.7 Å². The molecule has 0 aliphatic carbocycles. The van der Waals surface area contributed by atoms with Crippen LogP contribution in [0, 0.1) is 0 Å². The molecule has 2 heterocycles. The van der Waals surface area contributed by atoms with Gasteiger partial charge in [0.25, 0.3) is 0 Å². The molecule has 0 atom stereocenters. The number of hydrogen-bond donors (Lipinski definition) is 2. The highest BCUT2D eigenvalue weighted by molar-refractivity contribution is 7.99. The molecular weight excluding hydrogens is 266 g/mol. The fourth-order valence-corrected chi connectivity index (χ4v) is 2.82. The molecule has 1 aromatic heterocycles. The highest BCUT2D eigenvalue weighted by atomic mass is 32.2. The van der Waals surface area contributed by atoms with Crippen molar-refractivity contribution in [2.24, 2.45) is 5.73 Å². The lowest BCUT2D eigenvalue weighted by atomic mass is 10.4. The highest BCUT2D eigenvalue weighted by Gasteiger charge is 2.09. The third-order valence-corrected chi connectivity index (χ3v) is 3.87. The number of rotatable bonds is 5. The second kappa shape index (κ2) is 6.86. The standard InChI is InChI=1S/C11H17N5S2/c12-10(17)9-1-2-13-11(15-9)14-3-4-16-5-7-18-8-6-16/h1-2H,3-8H2,(H2,12,17)(H,13,14,15). The van der Waals surface area contributed by atoms with Gasteiger partial charge >= 0.3 is 0 Å². The van der Waals surface area contributed by atoms with Crippen LogP contribution in [0.15, 0.2) is 12.3 Å². The molecule has 1 aliphatic rings. The van der Waals surface area contributed by atoms with Crippen LogP contribution in [0.4, 0.5) is 5.95 Å². The zero-order valence-corrected chi connectivity index (χ0v) is 11.8. The second-order valence-electron chi connectivity index (χ2n) is 4.01. The van der Waals surface area contributed by atoms with Crippen molar-refractivity contribution < 1.29 is 0 Å². The molecule has 18 heavy (non-hydrogen) atoms. The van der Waals surface area contributed by atoms with Crippen molar-refractivity contribution in [3.63, 3.8) is 0 Å². The van der Waals surface area contributed by atoms with Crippen molar-refractivity contribution in [1.82, 2.24) is 14.9 Å². The SMILES string of the molecule is NC(=S)c1ccnc(NCCN2CCSCC2)n1. The van der Waals surface area contributed by atoms with E-state index in [1.54, 1.807) is 12.3 Å². The number of nitrogens with two attached hydrogens (primary N) is 1. The lowest BCUT2D eigenvalue weighted by molar-refractivity contribution is 0.314. The van der Waals surface area contributed by atoms with Gasteiger partial charge in [0.05, 0.1) is 0 Å². The van der Waals surface area contributed by atoms with Crippen molar-refractivity contribution in [1.29, 1.82) is 0 Å². The molecule has 98 valence electrons. The third-order valence-electron chi connectivity index (χ3n) is 2.72. The second-order valence-corrected chi connectivity index (χ2v) is 5.68. The first-order valence-electron chi connectivity index (χ1n) is 5.92. The Balaban J connectivity index is 1.78. The van der Waals surface area contributed by atoms with Gasteiger partial charge < -0.3 is 11.1 Å². The van der Waals surface area contributed by atoms with E-state index < -0.39 is 0 Å². The molecule has 0 aromatic carbocycles. The Morgan fingerprint density at radius 3 is 3.00 bits per heavy atom. The van der Waals surface area contributed by atoms with Crippen molar-refractivity contribution >= 4 is 34.9 Å². The molecular formula is C11H17N5S2. The molecule has 0 saturated carbocycles. The first-order chi connectivity index (χ1) is 8.75. The van der Waals surface area contributed by atoms with Crippen LogP contribution in [0.1, 0.15) is 5.69 Å². The molecule has 1 aromatic rings. The molecule has 7 heteroatoms. The Morgan fingerprint density at radius 2 is 2.28 bits per heavy atom. The molecule has 1 fully saturated rings. The maximum Gasteiger partial charge on any atom is 0.223 e. The quantitative estimate of drug-likeness (QED) is 0.766. The Bertz CT molecular complexity index is 406. The molecule has 0 radical (unpaired) electrons. The van der Waals surface area contributed by atoms with E-state index in [1.165, 1.54) is 24.6 Å². The topological polar surface area (TPSA) is 67.1 Å². The predicted molar refractivity (Wildman–Crippen MR) is 80.2 cm³/mol. The van der Waals surface area contributed by atoms with Gasteiger partial charge in [-0.3, -0.25) is 4.90 Å². The fraction of sp³-hybridized carbons (Fsp3) is 0.545. The van der Waals surface area contributed by atoms with E-state index in [4.69, 9.17) is 18.0 Å². The van der Waals surface area contributed by atoms with Crippen LogP contribution in [-0.4, -0.2) is 57.5 Å². The van der Waals surface area contributed by atoms with Gasteiger partial charge in [-0.2, -0.15) is 11.8 Å². The van der Waals surface area contributed by atoms with Crippen LogP contribution in [-0.2, 0) is 0 Å². The number of thiocarbonyl (C=S) groups is 1. The van der Waals surface area contributed by atoms with Crippen molar-refractivity contribution in [3.8, 4) is 0 Å². The van der Waals surface area contributed by atoms with Crippen LogP contribution in [0.25, 0.3) is 0 Å². The summed E-state index contributed by atoms with van der Waals surface area (Å²) < 4.78 is 0. The van der Waals surface area contributed by atoms with E-state index in [0.717, 1.165) is 13.1 Å². The number of nitrogens with zero attached hydrogens (tertiary/aromatic N) is 3. The van der Waals surface area contributed by atoms with E-state index in [-0.39, 0.29) is 0 Å². The summed E-state index contributed by atoms with van der Waals surface area (Å²) >= 11 is 6.90. The summed E-state index contributed by atoms with van der Waals surface area (Å²) in [6.07, 6.45) is 1.67. The van der Waals surface area contributed by atoms with E-state index in [0.29, 0.717) is 16.6 Å². The van der Waals surface area contributed by atoms with Crippen LogP contribution in [0.2, 0.25) is 0 Å². The van der Waals surface area contributed by atoms with Crippen molar-refractivity contribution in [3.05, 3.63) is 18.0 Å². The van der Waals surface area contributed by atoms with Crippen molar-refractivity contribution in [2.75, 3.05) is 43.0 Å². The summed E-state index contributed by atoms with van der Waals surface area (Å²) in [5, 5.41) is 3.20. The third kappa shape index (κ3) is 4.08. The summed E-state index contributed by atoms with van der Waals surface area (Å²) in [7, 11) is 0. The van der Waals surface area contributed by atoms with E-state index >= 15 is 0 Å². The number of nitrogens with one attached hydrogen (secondary N) is 1. The van der Waals surface area contributed by atoms with Gasteiger partial charge in [0, 0.05) is 43.9 Å². The summed E-state index contributed by atoms with van der Waals surface area (Å²) in [4.78, 5) is 11.1. The molecule has 3 N–H and O–H groups in total. The largest absolute Gasteiger partial charge is 0.388 e. The molecule has 5 nitrogen and oxygen atoms in total. The molecule has 0 spiro atoms. The summed E-state index contributed by atoms with van der Waals surface area (Å²) in [5.74, 6) is 3.05. The van der Waals surface area contributed by atoms with Crippen LogP contribution < -0.4 is 11.1 Å². The van der Waals surface area contributed by atoms with Crippen molar-refractivity contribution in [2.45, 2.75) is 0 Å². The average Bonchev–Trinajstić information content (AvgIpc) is 2.40. The molecule has 0 unspecified atom stereocenters. The summed E-state index contributed by atoms with van der Waals surface area (Å²) in [6, 6.07) is 1.72. The molecule has 1 aliphatic heterocycles. The van der Waals surface area contributed by atoms with Gasteiger partial charge in [0.2, 0.25) is 5.95 Å². The lowest BCUT2D eigenvalue weighted by Gasteiger charge is -2.25. The first-order valence-corrected chi connectivity index (χ1v) is 7.49. The van der Waals surface area contributed by atoms with E-state index in [1.807, 2.05) is 11.8 Å². The molecule has 0 amide bonds. The van der Waals surface area contributed by atoms with Gasteiger partial charge in [-0.1, -0.05) is 12.2 Å². The van der Waals surface area contributed by atoms with Gasteiger partial charge in [0.15, 0.2) is 0 Å². The van der Waals surface area contributed by atoms with Crippen LogP contribution >= 0.6 is 24.0 Å². The molecule has 0 bridgehead atoms. The van der Waals surface area contributed by atoms with Crippen LogP contribution in [0.5, 0.6) is 0 Å². The van der Waals surface area contributed by atoms with E-state index in [9.17, 15) is 0 Å². The molecule has 1 saturated heterocycles. The summed E-state index contributed by atoms with van der Waals surface area (Å²) in [5.41, 5.74) is 6.14. The minimum Gasteiger partial charge on any atom is -0.388 e. The highest BCUT2D eigenvalue weighted by Crippen LogP contribution is 2.08. The fourth-order valence-electron chi connectivity index (χ4n) is 1.73. The van der Waals surface area contributed by atoms with Gasteiger partial charge in [-0.15, -0.1) is 0 Å². The normalized spacial score (nSPS) is 16.4. The Hall–Kier alpha value is -0.920. The summed E-state index contributed by atoms with van der Waals surface area (Å²) in [6.45, 7) is 4.19. The average molecular weight is 283 g/mol. The van der Waals surface area contributed by atoms with Gasteiger partial charge in [-0.05, 0) is 6.07 Å². The lowest BCUT2D eigenvalue weighted by Crippen LogP contribution is -2.36.